The Morgan fingerprint density at radius 3 is 1.22 bits per heavy atom. The first kappa shape index (κ1) is 23.0. The largest absolute Gasteiger partial charge is 4.00 e. The summed E-state index contributed by atoms with van der Waals surface area (Å²) in [5.74, 6) is 0. The third-order valence-electron chi connectivity index (χ3n) is 0.556. The van der Waals surface area contributed by atoms with Crippen molar-refractivity contribution in [1.29, 1.82) is 0 Å². The summed E-state index contributed by atoms with van der Waals surface area (Å²) in [5.41, 5.74) is 0. The minimum Gasteiger partial charge on any atom is -0.693 e. The standard InChI is InChI=1S/C5H5.Hf.3H2N/c1-2-4-5-3-1;;;;/h1-5H;;3*1H2/q-1;+4;3*-1. The van der Waals surface area contributed by atoms with E-state index < -0.39 is 0 Å². The van der Waals surface area contributed by atoms with Gasteiger partial charge in [0.05, 0.1) is 0 Å². The van der Waals surface area contributed by atoms with Crippen molar-refractivity contribution in [3.8, 4) is 0 Å². The van der Waals surface area contributed by atoms with E-state index in [0.717, 1.165) is 0 Å². The Kier molecular flexibility index (Phi) is 40.0. The molecule has 0 spiro atoms. The molecule has 1 aromatic rings. The first-order valence-corrected chi connectivity index (χ1v) is 1.67. The Hall–Kier alpha value is 0.100. The van der Waals surface area contributed by atoms with Crippen molar-refractivity contribution in [2.45, 2.75) is 0 Å². The molecule has 0 atom stereocenters. The van der Waals surface area contributed by atoms with Gasteiger partial charge >= 0.3 is 25.8 Å². The van der Waals surface area contributed by atoms with Gasteiger partial charge in [0.25, 0.3) is 0 Å². The summed E-state index contributed by atoms with van der Waals surface area (Å²) < 4.78 is 0. The van der Waals surface area contributed by atoms with Crippen LogP contribution in [0.15, 0.2) is 30.3 Å². The number of rotatable bonds is 0. The third kappa shape index (κ3) is 11.6. The predicted molar refractivity (Wildman–Crippen MR) is 37.9 cm³/mol. The molecule has 0 heterocycles. The van der Waals surface area contributed by atoms with Crippen LogP contribution in [0.1, 0.15) is 0 Å². The van der Waals surface area contributed by atoms with E-state index in [1.165, 1.54) is 0 Å². The maximum absolute atomic E-state index is 2.00. The van der Waals surface area contributed by atoms with E-state index >= 15 is 0 Å². The van der Waals surface area contributed by atoms with E-state index in [0.29, 0.717) is 0 Å². The van der Waals surface area contributed by atoms with Crippen molar-refractivity contribution in [1.82, 2.24) is 0 Å². The fraction of sp³-hybridized carbons (Fsp3) is 0. The summed E-state index contributed by atoms with van der Waals surface area (Å²) in [5, 5.41) is 0. The molecule has 0 saturated heterocycles. The fourth-order valence-corrected chi connectivity index (χ4v) is 0.321. The van der Waals surface area contributed by atoms with Crippen LogP contribution in [-0.4, -0.2) is 0 Å². The molecule has 6 N–H and O–H groups in total. The molecular weight excluding hydrogens is 281 g/mol. The van der Waals surface area contributed by atoms with Crippen LogP contribution in [0, 0.1) is 0 Å². The summed E-state index contributed by atoms with van der Waals surface area (Å²) in [4.78, 5) is 0. The van der Waals surface area contributed by atoms with Crippen molar-refractivity contribution in [3.05, 3.63) is 48.8 Å². The Morgan fingerprint density at radius 2 is 1.11 bits per heavy atom. The molecular formula is C5H11HfN3. The van der Waals surface area contributed by atoms with Crippen LogP contribution in [-0.2, 0) is 25.8 Å². The van der Waals surface area contributed by atoms with Gasteiger partial charge in [0.1, 0.15) is 0 Å². The van der Waals surface area contributed by atoms with Crippen LogP contribution in [0.5, 0.6) is 0 Å². The summed E-state index contributed by atoms with van der Waals surface area (Å²) in [6.45, 7) is 0. The van der Waals surface area contributed by atoms with Gasteiger partial charge in [-0.1, -0.05) is 0 Å². The molecule has 1 aromatic carbocycles. The summed E-state index contributed by atoms with van der Waals surface area (Å²) >= 11 is 0. The van der Waals surface area contributed by atoms with Crippen LogP contribution >= 0.6 is 0 Å². The summed E-state index contributed by atoms with van der Waals surface area (Å²) in [6, 6.07) is 10.0. The fourth-order valence-electron chi connectivity index (χ4n) is 0.321. The average Bonchev–Trinajstić information content (AvgIpc) is 1.76. The van der Waals surface area contributed by atoms with Crippen molar-refractivity contribution in [3.63, 3.8) is 0 Å². The molecule has 0 bridgehead atoms. The van der Waals surface area contributed by atoms with Gasteiger partial charge in [-0.3, -0.25) is 0 Å². The monoisotopic (exact) mass is 293 g/mol. The smallest absolute Gasteiger partial charge is 0.693 e. The van der Waals surface area contributed by atoms with Crippen LogP contribution in [0.3, 0.4) is 0 Å². The Morgan fingerprint density at radius 1 is 0.778 bits per heavy atom. The zero-order chi connectivity index (χ0) is 3.54. The molecule has 0 amide bonds. The molecule has 0 radical (unpaired) electrons. The molecule has 0 aliphatic rings. The molecule has 0 saturated carbocycles. The molecule has 1 rings (SSSR count). The average molecular weight is 292 g/mol. The maximum Gasteiger partial charge on any atom is 4.00 e. The predicted octanol–water partition coefficient (Wildman–Crippen LogP) is 3.55. The topological polar surface area (TPSA) is 100 Å². The second-order valence-corrected chi connectivity index (χ2v) is 0.962. The molecule has 9 heavy (non-hydrogen) atoms. The molecule has 0 unspecified atom stereocenters. The third-order valence-corrected chi connectivity index (χ3v) is 0.556. The summed E-state index contributed by atoms with van der Waals surface area (Å²) in [6.07, 6.45) is 0. The zero-order valence-electron chi connectivity index (χ0n) is 5.12. The summed E-state index contributed by atoms with van der Waals surface area (Å²) in [7, 11) is 0. The van der Waals surface area contributed by atoms with Crippen molar-refractivity contribution in [2.75, 3.05) is 0 Å². The first-order valence-electron chi connectivity index (χ1n) is 1.67. The van der Waals surface area contributed by atoms with E-state index in [1.807, 2.05) is 30.3 Å². The molecule has 0 fully saturated rings. The molecule has 0 aliphatic carbocycles. The van der Waals surface area contributed by atoms with Crippen LogP contribution in [0.2, 0.25) is 0 Å². The Labute approximate surface area is 74.7 Å². The van der Waals surface area contributed by atoms with Crippen LogP contribution in [0.4, 0.5) is 0 Å². The number of nitrogens with two attached hydrogens (primary N) is 3. The number of hydrogen-bond donors (Lipinski definition) is 0. The molecule has 0 aliphatic heterocycles. The van der Waals surface area contributed by atoms with Crippen LogP contribution < -0.4 is 0 Å². The van der Waals surface area contributed by atoms with Crippen LogP contribution in [0.25, 0.3) is 18.5 Å². The van der Waals surface area contributed by atoms with E-state index in [2.05, 4.69) is 0 Å². The van der Waals surface area contributed by atoms with Crippen molar-refractivity contribution < 1.29 is 25.8 Å². The van der Waals surface area contributed by atoms with Crippen molar-refractivity contribution >= 4 is 0 Å². The minimum absolute atomic E-state index is 0. The number of hydrogen-bond acceptors (Lipinski definition) is 0. The molecule has 50 valence electrons. The zero-order valence-corrected chi connectivity index (χ0v) is 8.71. The maximum atomic E-state index is 2.00. The molecule has 4 heteroatoms. The van der Waals surface area contributed by atoms with Gasteiger partial charge in [0.2, 0.25) is 0 Å². The normalized spacial score (nSPS) is 4.44. The van der Waals surface area contributed by atoms with Gasteiger partial charge in [-0.25, -0.2) is 12.1 Å². The second kappa shape index (κ2) is 15.7. The second-order valence-electron chi connectivity index (χ2n) is 0.962. The van der Waals surface area contributed by atoms with Gasteiger partial charge in [-0.15, -0.1) is 0 Å². The van der Waals surface area contributed by atoms with E-state index in [4.69, 9.17) is 0 Å². The molecule has 0 aromatic heterocycles. The van der Waals surface area contributed by atoms with Gasteiger partial charge in [-0.2, -0.15) is 18.2 Å². The van der Waals surface area contributed by atoms with E-state index in [-0.39, 0.29) is 44.3 Å². The Bertz CT molecular complexity index is 68.7. The quantitative estimate of drug-likeness (QED) is 0.515. The SMILES string of the molecule is [Hf+4].[NH2-].[NH2-].[NH2-].c1cc[cH-]c1. The van der Waals surface area contributed by atoms with Gasteiger partial charge in [0, 0.05) is 0 Å². The van der Waals surface area contributed by atoms with Gasteiger partial charge < -0.3 is 18.5 Å². The minimum atomic E-state index is 0. The van der Waals surface area contributed by atoms with Gasteiger partial charge in [0.15, 0.2) is 0 Å². The first-order chi connectivity index (χ1) is 2.50. The molecule has 3 nitrogen and oxygen atoms in total. The Balaban J connectivity index is -0.0000000312. The van der Waals surface area contributed by atoms with E-state index in [9.17, 15) is 0 Å². The van der Waals surface area contributed by atoms with Crippen molar-refractivity contribution in [2.24, 2.45) is 0 Å². The van der Waals surface area contributed by atoms with E-state index in [1.54, 1.807) is 0 Å². The van der Waals surface area contributed by atoms with Gasteiger partial charge in [-0.05, 0) is 0 Å².